The molecule has 1 amide bonds. The van der Waals surface area contributed by atoms with Gasteiger partial charge in [-0.2, -0.15) is 0 Å². The number of benzene rings is 1. The second-order valence-electron chi connectivity index (χ2n) is 6.11. The summed E-state index contributed by atoms with van der Waals surface area (Å²) in [7, 11) is 0. The van der Waals surface area contributed by atoms with E-state index >= 15 is 0 Å². The molecule has 2 fully saturated rings. The molecule has 0 unspecified atom stereocenters. The lowest BCUT2D eigenvalue weighted by molar-refractivity contribution is -0.0736. The van der Waals surface area contributed by atoms with E-state index < -0.39 is 0 Å². The van der Waals surface area contributed by atoms with Crippen molar-refractivity contribution in [3.63, 3.8) is 0 Å². The van der Waals surface area contributed by atoms with Crippen LogP contribution in [0.5, 0.6) is 0 Å². The Bertz CT molecular complexity index is 468. The van der Waals surface area contributed by atoms with E-state index in [9.17, 15) is 4.79 Å². The molecule has 5 heteroatoms. The highest BCUT2D eigenvalue weighted by Crippen LogP contribution is 2.21. The highest BCUT2D eigenvalue weighted by molar-refractivity contribution is 5.67. The maximum absolute atomic E-state index is 11.7. The summed E-state index contributed by atoms with van der Waals surface area (Å²) in [5.74, 6) is 0.557. The van der Waals surface area contributed by atoms with Crippen LogP contribution in [0.3, 0.4) is 0 Å². The van der Waals surface area contributed by atoms with Gasteiger partial charge in [0.25, 0.3) is 0 Å². The van der Waals surface area contributed by atoms with Crippen LogP contribution < -0.4 is 5.32 Å². The third kappa shape index (κ3) is 4.21. The maximum Gasteiger partial charge on any atom is 0.407 e. The molecule has 0 aliphatic carbocycles. The SMILES string of the molecule is O=C(NCC1CCN(C2COC2)CC1)OCc1ccccc1. The average molecular weight is 304 g/mol. The molecule has 2 aliphatic rings. The van der Waals surface area contributed by atoms with Gasteiger partial charge < -0.3 is 14.8 Å². The Kier molecular flexibility index (Phi) is 5.29. The molecule has 2 heterocycles. The predicted octanol–water partition coefficient (Wildman–Crippen LogP) is 2.02. The molecule has 120 valence electrons. The molecule has 5 nitrogen and oxygen atoms in total. The maximum atomic E-state index is 11.7. The van der Waals surface area contributed by atoms with Crippen molar-refractivity contribution >= 4 is 6.09 Å². The standard InChI is InChI=1S/C17H24N2O3/c20-17(22-11-15-4-2-1-3-5-15)18-10-14-6-8-19(9-7-14)16-12-21-13-16/h1-5,14,16H,6-13H2,(H,18,20). The number of carbonyl (C=O) groups is 1. The van der Waals surface area contributed by atoms with Gasteiger partial charge in [0, 0.05) is 6.54 Å². The summed E-state index contributed by atoms with van der Waals surface area (Å²) in [6, 6.07) is 10.4. The number of nitrogens with zero attached hydrogens (tertiary/aromatic N) is 1. The number of alkyl carbamates (subject to hydrolysis) is 1. The summed E-state index contributed by atoms with van der Waals surface area (Å²) < 4.78 is 10.5. The zero-order valence-corrected chi connectivity index (χ0v) is 12.9. The summed E-state index contributed by atoms with van der Waals surface area (Å²) in [4.78, 5) is 14.2. The van der Waals surface area contributed by atoms with Crippen molar-refractivity contribution in [3.05, 3.63) is 35.9 Å². The quantitative estimate of drug-likeness (QED) is 0.904. The van der Waals surface area contributed by atoms with Gasteiger partial charge in [-0.05, 0) is 37.4 Å². The summed E-state index contributed by atoms with van der Waals surface area (Å²) in [6.45, 7) is 5.03. The smallest absolute Gasteiger partial charge is 0.407 e. The fourth-order valence-electron chi connectivity index (χ4n) is 2.96. The van der Waals surface area contributed by atoms with Crippen LogP contribution in [0.4, 0.5) is 4.79 Å². The number of amides is 1. The summed E-state index contributed by atoms with van der Waals surface area (Å²) in [5, 5.41) is 2.89. The van der Waals surface area contributed by atoms with Gasteiger partial charge in [-0.3, -0.25) is 4.90 Å². The van der Waals surface area contributed by atoms with E-state index in [1.807, 2.05) is 30.3 Å². The van der Waals surface area contributed by atoms with Crippen LogP contribution in [-0.4, -0.2) is 49.9 Å². The Labute approximate surface area is 131 Å². The van der Waals surface area contributed by atoms with Crippen molar-refractivity contribution in [2.75, 3.05) is 32.8 Å². The molecule has 2 aliphatic heterocycles. The fourth-order valence-corrected chi connectivity index (χ4v) is 2.96. The molecular weight excluding hydrogens is 280 g/mol. The second-order valence-corrected chi connectivity index (χ2v) is 6.11. The van der Waals surface area contributed by atoms with E-state index in [2.05, 4.69) is 10.2 Å². The number of piperidine rings is 1. The minimum absolute atomic E-state index is 0.321. The number of rotatable bonds is 5. The van der Waals surface area contributed by atoms with Gasteiger partial charge >= 0.3 is 6.09 Å². The fraction of sp³-hybridized carbons (Fsp3) is 0.588. The van der Waals surface area contributed by atoms with Gasteiger partial charge in [0.15, 0.2) is 0 Å². The number of carbonyl (C=O) groups excluding carboxylic acids is 1. The number of ether oxygens (including phenoxy) is 2. The van der Waals surface area contributed by atoms with Crippen molar-refractivity contribution in [3.8, 4) is 0 Å². The first-order valence-electron chi connectivity index (χ1n) is 8.07. The lowest BCUT2D eigenvalue weighted by Gasteiger charge is -2.41. The predicted molar refractivity (Wildman–Crippen MR) is 83.5 cm³/mol. The van der Waals surface area contributed by atoms with E-state index in [-0.39, 0.29) is 6.09 Å². The molecule has 0 bridgehead atoms. The highest BCUT2D eigenvalue weighted by Gasteiger charge is 2.29. The van der Waals surface area contributed by atoms with Crippen LogP contribution in [0.25, 0.3) is 0 Å². The molecule has 2 saturated heterocycles. The van der Waals surface area contributed by atoms with Crippen LogP contribution in [-0.2, 0) is 16.1 Å². The van der Waals surface area contributed by atoms with E-state index in [0.29, 0.717) is 25.1 Å². The van der Waals surface area contributed by atoms with Gasteiger partial charge in [-0.15, -0.1) is 0 Å². The first-order chi connectivity index (χ1) is 10.8. The minimum Gasteiger partial charge on any atom is -0.445 e. The Morgan fingerprint density at radius 1 is 1.23 bits per heavy atom. The van der Waals surface area contributed by atoms with E-state index in [0.717, 1.165) is 44.7 Å². The summed E-state index contributed by atoms with van der Waals surface area (Å²) in [5.41, 5.74) is 1.01. The first kappa shape index (κ1) is 15.3. The molecule has 0 spiro atoms. The number of hydrogen-bond acceptors (Lipinski definition) is 4. The molecule has 0 atom stereocenters. The minimum atomic E-state index is -0.321. The Morgan fingerprint density at radius 2 is 1.95 bits per heavy atom. The molecular formula is C17H24N2O3. The number of hydrogen-bond donors (Lipinski definition) is 1. The Hall–Kier alpha value is -1.59. The molecule has 22 heavy (non-hydrogen) atoms. The molecule has 0 radical (unpaired) electrons. The number of nitrogens with one attached hydrogen (secondary N) is 1. The third-order valence-electron chi connectivity index (χ3n) is 4.53. The largest absolute Gasteiger partial charge is 0.445 e. The molecule has 1 aromatic rings. The van der Waals surface area contributed by atoms with Crippen molar-refractivity contribution in [1.82, 2.24) is 10.2 Å². The van der Waals surface area contributed by atoms with E-state index in [1.165, 1.54) is 0 Å². The van der Waals surface area contributed by atoms with Crippen molar-refractivity contribution < 1.29 is 14.3 Å². The van der Waals surface area contributed by atoms with Gasteiger partial charge in [-0.25, -0.2) is 4.79 Å². The Balaban J connectivity index is 1.30. The lowest BCUT2D eigenvalue weighted by atomic mass is 9.95. The van der Waals surface area contributed by atoms with Gasteiger partial charge in [-0.1, -0.05) is 30.3 Å². The van der Waals surface area contributed by atoms with Gasteiger partial charge in [0.1, 0.15) is 6.61 Å². The molecule has 0 aromatic heterocycles. The van der Waals surface area contributed by atoms with Crippen molar-refractivity contribution in [2.24, 2.45) is 5.92 Å². The lowest BCUT2D eigenvalue weighted by Crippen LogP contribution is -2.52. The van der Waals surface area contributed by atoms with Gasteiger partial charge in [0.2, 0.25) is 0 Å². The molecule has 0 saturated carbocycles. The van der Waals surface area contributed by atoms with Crippen LogP contribution in [0.2, 0.25) is 0 Å². The highest BCUT2D eigenvalue weighted by atomic mass is 16.5. The monoisotopic (exact) mass is 304 g/mol. The van der Waals surface area contributed by atoms with Crippen molar-refractivity contribution in [1.29, 1.82) is 0 Å². The number of likely N-dealkylation sites (tertiary alicyclic amines) is 1. The van der Waals surface area contributed by atoms with Crippen LogP contribution in [0.15, 0.2) is 30.3 Å². The first-order valence-corrected chi connectivity index (χ1v) is 8.07. The van der Waals surface area contributed by atoms with E-state index in [4.69, 9.17) is 9.47 Å². The summed E-state index contributed by atoms with van der Waals surface area (Å²) in [6.07, 6.45) is 1.95. The normalized spacial score (nSPS) is 20.4. The Morgan fingerprint density at radius 3 is 2.59 bits per heavy atom. The summed E-state index contributed by atoms with van der Waals surface area (Å²) >= 11 is 0. The third-order valence-corrected chi connectivity index (χ3v) is 4.53. The topological polar surface area (TPSA) is 50.8 Å². The molecule has 1 aromatic carbocycles. The van der Waals surface area contributed by atoms with E-state index in [1.54, 1.807) is 0 Å². The van der Waals surface area contributed by atoms with Crippen molar-refractivity contribution in [2.45, 2.75) is 25.5 Å². The molecule has 3 rings (SSSR count). The van der Waals surface area contributed by atoms with Gasteiger partial charge in [0.05, 0.1) is 19.3 Å². The zero-order chi connectivity index (χ0) is 15.2. The van der Waals surface area contributed by atoms with Crippen LogP contribution in [0, 0.1) is 5.92 Å². The van der Waals surface area contributed by atoms with Crippen LogP contribution in [0.1, 0.15) is 18.4 Å². The zero-order valence-electron chi connectivity index (χ0n) is 12.9. The average Bonchev–Trinajstić information content (AvgIpc) is 2.52. The van der Waals surface area contributed by atoms with Crippen LogP contribution >= 0.6 is 0 Å². The second kappa shape index (κ2) is 7.61. The molecule has 1 N–H and O–H groups in total.